The summed E-state index contributed by atoms with van der Waals surface area (Å²) >= 11 is -1.65. The zero-order chi connectivity index (χ0) is 22.8. The highest BCUT2D eigenvalue weighted by atomic mass is 32.2. The van der Waals surface area contributed by atoms with Gasteiger partial charge in [-0.3, -0.25) is 19.3 Å². The molecule has 2 unspecified atom stereocenters. The number of β-lactam (4-membered cyclic amide) rings is 1. The lowest BCUT2D eigenvalue weighted by molar-refractivity contribution is -0.155. The van der Waals surface area contributed by atoms with Crippen molar-refractivity contribution in [3.8, 4) is 0 Å². The van der Waals surface area contributed by atoms with Gasteiger partial charge < -0.3 is 14.6 Å². The Balaban J connectivity index is 1.68. The smallest absolute Gasteiger partial charge is 0.356 e. The van der Waals surface area contributed by atoms with E-state index in [1.165, 1.54) is 6.92 Å². The van der Waals surface area contributed by atoms with Crippen molar-refractivity contribution in [2.24, 2.45) is 0 Å². The maximum atomic E-state index is 13.3. The fraction of sp³-hybridized carbons (Fsp3) is 0.217. The molecule has 1 fully saturated rings. The minimum Gasteiger partial charge on any atom is -0.614 e. The highest BCUT2D eigenvalue weighted by molar-refractivity contribution is 7.92. The maximum Gasteiger partial charge on any atom is 0.356 e. The van der Waals surface area contributed by atoms with E-state index >= 15 is 0 Å². The molecule has 3 atom stereocenters. The molecule has 2 aromatic rings. The summed E-state index contributed by atoms with van der Waals surface area (Å²) in [6.07, 6.45) is -0.359. The third-order valence-corrected chi connectivity index (χ3v) is 6.90. The van der Waals surface area contributed by atoms with Crippen LogP contribution in [0.1, 0.15) is 24.2 Å². The normalized spacial score (nSPS) is 22.2. The standard InChI is InChI=1S/C23H20N2O6S/c1-14(27)24-18-21(28)25-19(17(12-26)13-32(30)22(18)25)23(29)31-20(15-8-4-2-5-9-15)16-10-6-3-7-11-16/h2-12,18,20,22H,13H2,1H3,(H,24,27)/t18?,22-,32?/m0/s1. The van der Waals surface area contributed by atoms with Gasteiger partial charge in [-0.15, -0.1) is 0 Å². The minimum absolute atomic E-state index is 0.0703. The molecular formula is C23H20N2O6S. The molecule has 8 nitrogen and oxygen atoms in total. The zero-order valence-corrected chi connectivity index (χ0v) is 17.9. The number of esters is 1. The molecule has 0 saturated carbocycles. The van der Waals surface area contributed by atoms with Gasteiger partial charge in [0.1, 0.15) is 11.4 Å². The Labute approximate surface area is 187 Å². The fourth-order valence-corrected chi connectivity index (χ4v) is 5.47. The largest absolute Gasteiger partial charge is 0.614 e. The summed E-state index contributed by atoms with van der Waals surface area (Å²) in [5.41, 5.74) is 1.12. The highest BCUT2D eigenvalue weighted by Gasteiger charge is 2.61. The van der Waals surface area contributed by atoms with Crippen molar-refractivity contribution < 1.29 is 28.5 Å². The topological polar surface area (TPSA) is 116 Å². The number of fused-ring (bicyclic) bond motifs is 1. The second-order valence-electron chi connectivity index (χ2n) is 7.40. The first kappa shape index (κ1) is 21.8. The third-order valence-electron chi connectivity index (χ3n) is 5.28. The summed E-state index contributed by atoms with van der Waals surface area (Å²) in [4.78, 5) is 50.1. The average molecular weight is 452 g/mol. The van der Waals surface area contributed by atoms with Crippen molar-refractivity contribution in [2.75, 3.05) is 5.75 Å². The van der Waals surface area contributed by atoms with Gasteiger partial charge in [-0.25, -0.2) is 4.79 Å². The number of hydrogen-bond donors (Lipinski definition) is 1. The van der Waals surface area contributed by atoms with Crippen molar-refractivity contribution in [3.63, 3.8) is 0 Å². The van der Waals surface area contributed by atoms with Crippen LogP contribution < -0.4 is 5.32 Å². The number of aldehydes is 1. The number of rotatable bonds is 6. The van der Waals surface area contributed by atoms with Crippen LogP contribution in [0.2, 0.25) is 0 Å². The molecular weight excluding hydrogens is 432 g/mol. The van der Waals surface area contributed by atoms with E-state index in [0.29, 0.717) is 17.4 Å². The van der Waals surface area contributed by atoms with Gasteiger partial charge in [0.25, 0.3) is 5.91 Å². The molecule has 2 heterocycles. The molecule has 2 aliphatic heterocycles. The van der Waals surface area contributed by atoms with Gasteiger partial charge in [0.05, 0.1) is 5.57 Å². The minimum atomic E-state index is -1.65. The Kier molecular flexibility index (Phi) is 6.11. The van der Waals surface area contributed by atoms with Gasteiger partial charge in [-0.1, -0.05) is 60.7 Å². The Hall–Kier alpha value is -3.43. The molecule has 0 spiro atoms. The molecule has 32 heavy (non-hydrogen) atoms. The Morgan fingerprint density at radius 1 is 1.12 bits per heavy atom. The Bertz CT molecular complexity index is 1050. The maximum absolute atomic E-state index is 13.3. The highest BCUT2D eigenvalue weighted by Crippen LogP contribution is 2.38. The number of nitrogens with zero attached hydrogens (tertiary/aromatic N) is 1. The Morgan fingerprint density at radius 3 is 2.19 bits per heavy atom. The quantitative estimate of drug-likeness (QED) is 0.305. The first-order valence-electron chi connectivity index (χ1n) is 9.89. The van der Waals surface area contributed by atoms with Crippen LogP contribution in [0.5, 0.6) is 0 Å². The molecule has 164 valence electrons. The fourth-order valence-electron chi connectivity index (χ4n) is 3.85. The molecule has 4 rings (SSSR count). The lowest BCUT2D eigenvalue weighted by atomic mass is 10.0. The van der Waals surface area contributed by atoms with E-state index in [0.717, 1.165) is 4.90 Å². The SMILES string of the molecule is CC(=O)NC1C(=O)N2C(C(=O)OC(c3ccccc3)c3ccccc3)=C(C=O)C[S+]([O-])[C@@H]12. The van der Waals surface area contributed by atoms with Gasteiger partial charge in [-0.2, -0.15) is 0 Å². The number of nitrogens with one attached hydrogen (secondary N) is 1. The van der Waals surface area contributed by atoms with Crippen LogP contribution in [-0.2, 0) is 35.1 Å². The molecule has 1 saturated heterocycles. The van der Waals surface area contributed by atoms with Gasteiger partial charge in [0.2, 0.25) is 11.3 Å². The van der Waals surface area contributed by atoms with Crippen molar-refractivity contribution in [1.82, 2.24) is 10.2 Å². The number of ether oxygens (including phenoxy) is 1. The monoisotopic (exact) mass is 452 g/mol. The second kappa shape index (κ2) is 8.97. The second-order valence-corrected chi connectivity index (χ2v) is 8.93. The molecule has 0 radical (unpaired) electrons. The summed E-state index contributed by atoms with van der Waals surface area (Å²) in [6, 6.07) is 17.1. The van der Waals surface area contributed by atoms with E-state index in [4.69, 9.17) is 4.74 Å². The summed E-state index contributed by atoms with van der Waals surface area (Å²) in [6.45, 7) is 1.24. The lowest BCUT2D eigenvalue weighted by Crippen LogP contribution is -2.74. The van der Waals surface area contributed by atoms with Crippen LogP contribution >= 0.6 is 0 Å². The summed E-state index contributed by atoms with van der Waals surface area (Å²) in [5.74, 6) is -2.15. The number of carbonyl (C=O) groups is 4. The summed E-state index contributed by atoms with van der Waals surface area (Å²) in [5, 5.41) is 1.53. The lowest BCUT2D eigenvalue weighted by Gasteiger charge is -2.48. The summed E-state index contributed by atoms with van der Waals surface area (Å²) < 4.78 is 18.4. The number of amides is 2. The van der Waals surface area contributed by atoms with Crippen LogP contribution in [0, 0.1) is 0 Å². The molecule has 0 aliphatic carbocycles. The van der Waals surface area contributed by atoms with Crippen LogP contribution in [0.3, 0.4) is 0 Å². The van der Waals surface area contributed by atoms with E-state index in [-0.39, 0.29) is 17.0 Å². The van der Waals surface area contributed by atoms with Gasteiger partial charge >= 0.3 is 5.97 Å². The molecule has 0 bridgehead atoms. The molecule has 0 aromatic heterocycles. The Morgan fingerprint density at radius 2 is 1.69 bits per heavy atom. The molecule has 2 aliphatic rings. The average Bonchev–Trinajstić information content (AvgIpc) is 2.81. The first-order valence-corrected chi connectivity index (χ1v) is 11.3. The van der Waals surface area contributed by atoms with Gasteiger partial charge in [0.15, 0.2) is 18.4 Å². The summed E-state index contributed by atoms with van der Waals surface area (Å²) in [7, 11) is 0. The number of benzene rings is 2. The third kappa shape index (κ3) is 3.92. The van der Waals surface area contributed by atoms with E-state index in [2.05, 4.69) is 5.32 Å². The van der Waals surface area contributed by atoms with Crippen LogP contribution in [0.15, 0.2) is 71.9 Å². The number of hydrogen-bond acceptors (Lipinski definition) is 6. The predicted molar refractivity (Wildman–Crippen MR) is 115 cm³/mol. The van der Waals surface area contributed by atoms with Crippen molar-refractivity contribution in [1.29, 1.82) is 0 Å². The van der Waals surface area contributed by atoms with Crippen molar-refractivity contribution in [3.05, 3.63) is 83.1 Å². The van der Waals surface area contributed by atoms with Crippen molar-refractivity contribution in [2.45, 2.75) is 24.4 Å². The van der Waals surface area contributed by atoms with Gasteiger partial charge in [-0.05, 0) is 22.3 Å². The number of carbonyl (C=O) groups excluding carboxylic acids is 4. The van der Waals surface area contributed by atoms with E-state index in [1.807, 2.05) is 36.4 Å². The van der Waals surface area contributed by atoms with Crippen LogP contribution in [0.4, 0.5) is 0 Å². The zero-order valence-electron chi connectivity index (χ0n) is 17.1. The van der Waals surface area contributed by atoms with Crippen molar-refractivity contribution >= 4 is 35.2 Å². The van der Waals surface area contributed by atoms with E-state index in [1.54, 1.807) is 24.3 Å². The molecule has 2 amide bonds. The van der Waals surface area contributed by atoms with Gasteiger partial charge in [0, 0.05) is 6.92 Å². The molecule has 9 heteroatoms. The predicted octanol–water partition coefficient (Wildman–Crippen LogP) is 1.21. The van der Waals surface area contributed by atoms with Crippen LogP contribution in [-0.4, -0.2) is 50.7 Å². The van der Waals surface area contributed by atoms with Crippen LogP contribution in [0.25, 0.3) is 0 Å². The van der Waals surface area contributed by atoms with E-state index in [9.17, 15) is 23.7 Å². The molecule has 2 aromatic carbocycles. The van der Waals surface area contributed by atoms with E-state index < -0.39 is 46.5 Å². The first-order chi connectivity index (χ1) is 15.4. The molecule has 1 N–H and O–H groups in total.